The Bertz CT molecular complexity index is 2960. The van der Waals surface area contributed by atoms with E-state index in [0.29, 0.717) is 18.7 Å². The highest BCUT2D eigenvalue weighted by Gasteiger charge is 2.60. The van der Waals surface area contributed by atoms with Crippen molar-refractivity contribution in [1.82, 2.24) is 9.97 Å². The van der Waals surface area contributed by atoms with Crippen molar-refractivity contribution in [2.75, 3.05) is 36.0 Å². The molecule has 2 saturated heterocycles. The molecule has 2 atom stereocenters. The fraction of sp³-hybridized carbons (Fsp3) is 0.280. The van der Waals surface area contributed by atoms with Gasteiger partial charge in [-0.25, -0.2) is 4.79 Å². The number of aromatic carboxylic acids is 1. The number of hydrogen-bond donors (Lipinski definition) is 2. The van der Waals surface area contributed by atoms with Gasteiger partial charge in [-0.3, -0.25) is 35.0 Å². The molecule has 24 heteroatoms. The number of nitrogens with zero attached hydrogens (tertiary/aromatic N) is 6. The Morgan fingerprint density at radius 3 is 1.39 bits per heavy atom. The van der Waals surface area contributed by atoms with Gasteiger partial charge < -0.3 is 20.6 Å². The Balaban J connectivity index is 0.000000239. The number of Topliss-reactive ketones (excluding diaryl/α,β-unsaturated/α-hetero) is 1. The zero-order chi connectivity index (χ0) is 53.5. The number of aryl methyl sites for hydroxylation is 1. The molecular weight excluding hydrogens is 1070 g/mol. The van der Waals surface area contributed by atoms with E-state index in [9.17, 15) is 56.2 Å². The van der Waals surface area contributed by atoms with Gasteiger partial charge in [0.15, 0.2) is 5.78 Å². The van der Waals surface area contributed by atoms with E-state index >= 15 is 0 Å². The number of aromatic nitrogens is 2. The number of nitrogens with two attached hydrogens (primary N) is 1. The highest BCUT2D eigenvalue weighted by Crippen LogP contribution is 2.51. The van der Waals surface area contributed by atoms with Gasteiger partial charge in [0, 0.05) is 101 Å². The van der Waals surface area contributed by atoms with Gasteiger partial charge in [0.25, 0.3) is 11.4 Å². The maximum absolute atomic E-state index is 14.4. The molecule has 74 heavy (non-hydrogen) atoms. The van der Waals surface area contributed by atoms with Gasteiger partial charge in [-0.05, 0) is 115 Å². The van der Waals surface area contributed by atoms with Crippen LogP contribution < -0.4 is 15.5 Å². The number of ketones is 1. The summed E-state index contributed by atoms with van der Waals surface area (Å²) in [6, 6.07) is 25.7. The number of nitro groups is 2. The van der Waals surface area contributed by atoms with Gasteiger partial charge in [-0.2, -0.15) is 26.3 Å². The third-order valence-corrected chi connectivity index (χ3v) is 13.2. The quantitative estimate of drug-likeness (QED) is 0.0509. The fourth-order valence-corrected chi connectivity index (χ4v) is 9.63. The number of carboxylic acids is 1. The molecule has 0 spiro atoms. The lowest BCUT2D eigenvalue weighted by molar-refractivity contribution is -0.385. The van der Waals surface area contributed by atoms with E-state index in [-0.39, 0.29) is 87.9 Å². The van der Waals surface area contributed by atoms with Crippen molar-refractivity contribution in [2.45, 2.75) is 62.8 Å². The lowest BCUT2D eigenvalue weighted by Crippen LogP contribution is -2.44. The maximum Gasteiger partial charge on any atom is 0.400 e. The van der Waals surface area contributed by atoms with Crippen LogP contribution in [-0.2, 0) is 23.8 Å². The minimum atomic E-state index is -4.64. The molecule has 0 bridgehead atoms. The molecule has 0 aliphatic carbocycles. The summed E-state index contributed by atoms with van der Waals surface area (Å²) in [6.07, 6.45) is -6.22. The molecule has 4 aromatic carbocycles. The zero-order valence-corrected chi connectivity index (χ0v) is 40.9. The molecule has 392 valence electrons. The average molecular weight is 1110 g/mol. The van der Waals surface area contributed by atoms with Crippen LogP contribution in [-0.4, -0.2) is 75.2 Å². The van der Waals surface area contributed by atoms with Gasteiger partial charge in [-0.15, -0.1) is 0 Å². The van der Waals surface area contributed by atoms with Gasteiger partial charge in [0.1, 0.15) is 16.4 Å². The third kappa shape index (κ3) is 13.4. The van der Waals surface area contributed by atoms with E-state index in [2.05, 4.69) is 9.97 Å². The predicted octanol–water partition coefficient (Wildman–Crippen LogP) is 13.3. The predicted molar refractivity (Wildman–Crippen MR) is 271 cm³/mol. The van der Waals surface area contributed by atoms with Crippen LogP contribution in [0.5, 0.6) is 0 Å². The summed E-state index contributed by atoms with van der Waals surface area (Å²) in [5, 5.41) is 32.3. The SMILES string of the molecule is C.NCc1ccccn1.O=C(CCc1ccccn1)c1ccc(N2CCC(c3cc(Cl)cc(Cl)c3)(C(F)(F)F)C2)cc1[N+](=O)[O-].O=C(O)c1ccc(N2CCC(c3cc(Cl)cc(Cl)c3)(C(F)(F)F)C2)cc1[N+](=O)[O-]. The second-order valence-corrected chi connectivity index (χ2v) is 18.6. The van der Waals surface area contributed by atoms with Crippen molar-refractivity contribution >= 4 is 80.9 Å². The van der Waals surface area contributed by atoms with Crippen LogP contribution >= 0.6 is 46.4 Å². The number of halogens is 10. The first-order valence-corrected chi connectivity index (χ1v) is 23.3. The fourth-order valence-electron chi connectivity index (χ4n) is 8.58. The number of pyridine rings is 2. The summed E-state index contributed by atoms with van der Waals surface area (Å²) >= 11 is 23.8. The Kier molecular flexibility index (Phi) is 19.1. The molecule has 0 saturated carbocycles. The third-order valence-electron chi connectivity index (χ3n) is 12.3. The van der Waals surface area contributed by atoms with Crippen LogP contribution in [0.4, 0.5) is 49.1 Å². The Morgan fingerprint density at radius 2 is 1.04 bits per heavy atom. The van der Waals surface area contributed by atoms with Crippen LogP contribution in [0, 0.1) is 20.2 Å². The van der Waals surface area contributed by atoms with Crippen LogP contribution in [0.1, 0.15) is 69.9 Å². The highest BCUT2D eigenvalue weighted by atomic mass is 35.5. The average Bonchev–Trinajstić information content (AvgIpc) is 4.02. The molecule has 4 heterocycles. The molecular formula is C50H45Cl4F6N7O7. The normalized spacial score (nSPS) is 17.3. The lowest BCUT2D eigenvalue weighted by Gasteiger charge is -2.33. The number of carbonyl (C=O) groups excluding carboxylic acids is 1. The number of rotatable bonds is 12. The van der Waals surface area contributed by atoms with E-state index < -0.39 is 74.8 Å². The van der Waals surface area contributed by atoms with Crippen molar-refractivity contribution in [1.29, 1.82) is 0 Å². The second kappa shape index (κ2) is 24.2. The van der Waals surface area contributed by atoms with Crippen molar-refractivity contribution in [3.63, 3.8) is 0 Å². The first-order chi connectivity index (χ1) is 34.4. The summed E-state index contributed by atoms with van der Waals surface area (Å²) in [5.41, 5.74) is 0.781. The minimum absolute atomic E-state index is 0. The molecule has 2 aromatic heterocycles. The number of benzene rings is 4. The number of anilines is 2. The molecule has 8 rings (SSSR count). The Morgan fingerprint density at radius 1 is 0.635 bits per heavy atom. The van der Waals surface area contributed by atoms with Crippen LogP contribution in [0.3, 0.4) is 0 Å². The first-order valence-electron chi connectivity index (χ1n) is 21.8. The second-order valence-electron chi connectivity index (χ2n) is 16.8. The smallest absolute Gasteiger partial charge is 0.400 e. The molecule has 2 unspecified atom stereocenters. The molecule has 0 amide bonds. The van der Waals surface area contributed by atoms with Crippen molar-refractivity contribution in [2.24, 2.45) is 5.73 Å². The topological polar surface area (TPSA) is 199 Å². The Hall–Kier alpha value is -6.58. The monoisotopic (exact) mass is 1110 g/mol. The molecule has 2 fully saturated rings. The molecule has 2 aliphatic rings. The van der Waals surface area contributed by atoms with Gasteiger partial charge in [0.05, 0.1) is 21.1 Å². The van der Waals surface area contributed by atoms with Gasteiger partial charge in [-0.1, -0.05) is 66.0 Å². The summed E-state index contributed by atoms with van der Waals surface area (Å²) in [7, 11) is 0. The van der Waals surface area contributed by atoms with E-state index in [1.165, 1.54) is 64.4 Å². The molecule has 14 nitrogen and oxygen atoms in total. The zero-order valence-electron chi connectivity index (χ0n) is 37.8. The van der Waals surface area contributed by atoms with Crippen molar-refractivity contribution < 1.29 is 50.9 Å². The number of carboxylic acid groups (broad SMARTS) is 1. The molecule has 2 aliphatic heterocycles. The summed E-state index contributed by atoms with van der Waals surface area (Å²) in [5.74, 6) is -1.94. The molecule has 6 aromatic rings. The van der Waals surface area contributed by atoms with Crippen LogP contribution in [0.2, 0.25) is 20.1 Å². The number of alkyl halides is 6. The summed E-state index contributed by atoms with van der Waals surface area (Å²) in [6.45, 7) is -0.518. The number of nitro benzene ring substituents is 2. The number of hydrogen-bond acceptors (Lipinski definition) is 11. The first kappa shape index (κ1) is 58.3. The van der Waals surface area contributed by atoms with Gasteiger partial charge >= 0.3 is 18.3 Å². The summed E-state index contributed by atoms with van der Waals surface area (Å²) < 4.78 is 85.6. The summed E-state index contributed by atoms with van der Waals surface area (Å²) in [4.78, 5) is 56.1. The molecule has 3 N–H and O–H groups in total. The lowest BCUT2D eigenvalue weighted by atomic mass is 9.79. The van der Waals surface area contributed by atoms with Crippen molar-refractivity contribution in [3.8, 4) is 0 Å². The largest absolute Gasteiger partial charge is 0.477 e. The standard InChI is InChI=1S/C25H20Cl2F3N3O3.C18H13Cl2F3N2O4.C6H8N2.CH4/c26-17-11-16(12-18(27)13-17)24(25(28,29)30)8-10-32(15-24)20-5-6-21(22(14-20)33(35)36)23(34)7-4-19-3-1-2-9-31-19;19-11-5-10(6-12(20)7-11)17(18(21,22)23)3-4-24(9-17)13-1-2-14(16(26)27)15(8-13)25(28)29;7-5-6-3-1-2-4-8-6;/h1-3,5-6,9,11-14H,4,7-8,10,15H2;1-2,5-8H,3-4,9H2,(H,26,27);1-4H,5,7H2;1H4. The van der Waals surface area contributed by atoms with Crippen LogP contribution in [0.15, 0.2) is 122 Å². The van der Waals surface area contributed by atoms with E-state index in [1.807, 2.05) is 18.2 Å². The number of carbonyl (C=O) groups is 2. The van der Waals surface area contributed by atoms with Crippen LogP contribution in [0.25, 0.3) is 0 Å². The maximum atomic E-state index is 14.4. The van der Waals surface area contributed by atoms with Crippen molar-refractivity contribution in [3.05, 3.63) is 196 Å². The van der Waals surface area contributed by atoms with E-state index in [0.717, 1.165) is 23.9 Å². The molecule has 0 radical (unpaired) electrons. The minimum Gasteiger partial charge on any atom is -0.477 e. The van der Waals surface area contributed by atoms with E-state index in [1.54, 1.807) is 30.6 Å². The highest BCUT2D eigenvalue weighted by molar-refractivity contribution is 6.35. The Labute approximate surface area is 439 Å². The van der Waals surface area contributed by atoms with E-state index in [4.69, 9.17) is 57.2 Å². The van der Waals surface area contributed by atoms with Gasteiger partial charge in [0.2, 0.25) is 0 Å².